The van der Waals surface area contributed by atoms with Crippen LogP contribution in [0.2, 0.25) is 0 Å². The van der Waals surface area contributed by atoms with E-state index in [9.17, 15) is 9.59 Å². The Labute approximate surface area is 195 Å². The predicted octanol–water partition coefficient (Wildman–Crippen LogP) is 4.42. The van der Waals surface area contributed by atoms with Gasteiger partial charge in [-0.3, -0.25) is 9.59 Å². The number of fused-ring (bicyclic) bond motifs is 1. The molecular weight excluding hydrogens is 434 g/mol. The number of para-hydroxylation sites is 1. The molecule has 0 saturated heterocycles. The molecule has 1 aliphatic rings. The van der Waals surface area contributed by atoms with Crippen LogP contribution in [0.1, 0.15) is 33.1 Å². The summed E-state index contributed by atoms with van der Waals surface area (Å²) < 4.78 is 16.8. The fourth-order valence-electron chi connectivity index (χ4n) is 3.88. The van der Waals surface area contributed by atoms with Gasteiger partial charge in [-0.15, -0.1) is 0 Å². The zero-order valence-electron chi connectivity index (χ0n) is 18.8. The number of ether oxygens (including phenoxy) is 1. The molecule has 2 amide bonds. The molecule has 2 aromatic carbocycles. The quantitative estimate of drug-likeness (QED) is 0.444. The number of aryl methyl sites for hydroxylation is 2. The summed E-state index contributed by atoms with van der Waals surface area (Å²) >= 11 is 0. The van der Waals surface area contributed by atoms with Gasteiger partial charge in [-0.05, 0) is 49.7 Å². The molecule has 0 aliphatic carbocycles. The lowest BCUT2D eigenvalue weighted by molar-refractivity contribution is -0.127. The highest BCUT2D eigenvalue weighted by atomic mass is 16.5. The van der Waals surface area contributed by atoms with Crippen molar-refractivity contribution in [1.82, 2.24) is 10.3 Å². The molecule has 5 rings (SSSR count). The molecule has 0 fully saturated rings. The van der Waals surface area contributed by atoms with E-state index in [4.69, 9.17) is 13.6 Å². The highest BCUT2D eigenvalue weighted by Gasteiger charge is 2.28. The second-order valence-electron chi connectivity index (χ2n) is 8.08. The lowest BCUT2D eigenvalue weighted by atomic mass is 10.1. The Kier molecular flexibility index (Phi) is 5.63. The molecule has 8 nitrogen and oxygen atoms in total. The van der Waals surface area contributed by atoms with Crippen molar-refractivity contribution in [3.05, 3.63) is 89.2 Å². The molecule has 0 saturated carbocycles. The Morgan fingerprint density at radius 2 is 1.91 bits per heavy atom. The minimum Gasteiger partial charge on any atom is -0.480 e. The lowest BCUT2D eigenvalue weighted by Crippen LogP contribution is -2.37. The standard InChI is InChI=1S/C26H23N3O5/c1-15-20(10-11-32-15)24(30)28-19-8-5-7-18(12-19)26-29-21(16(2)33-26)14-27-25(31)23-13-17-6-3-4-9-22(17)34-23/h3-12,23H,13-14H2,1-2H3,(H,27,31)(H,28,30). The normalized spacial score (nSPS) is 14.4. The van der Waals surface area contributed by atoms with E-state index < -0.39 is 6.10 Å². The summed E-state index contributed by atoms with van der Waals surface area (Å²) in [6.45, 7) is 3.76. The van der Waals surface area contributed by atoms with Gasteiger partial charge < -0.3 is 24.2 Å². The molecule has 34 heavy (non-hydrogen) atoms. The molecule has 0 radical (unpaired) electrons. The Balaban J connectivity index is 1.24. The third kappa shape index (κ3) is 4.30. The van der Waals surface area contributed by atoms with E-state index >= 15 is 0 Å². The zero-order chi connectivity index (χ0) is 23.7. The monoisotopic (exact) mass is 457 g/mol. The summed E-state index contributed by atoms with van der Waals surface area (Å²) in [5.41, 5.74) is 3.44. The van der Waals surface area contributed by atoms with Crippen LogP contribution < -0.4 is 15.4 Å². The van der Waals surface area contributed by atoms with E-state index in [1.54, 1.807) is 32.0 Å². The largest absolute Gasteiger partial charge is 0.480 e. The van der Waals surface area contributed by atoms with E-state index in [1.807, 2.05) is 36.4 Å². The number of benzene rings is 2. The van der Waals surface area contributed by atoms with Gasteiger partial charge in [-0.1, -0.05) is 24.3 Å². The summed E-state index contributed by atoms with van der Waals surface area (Å²) in [6.07, 6.45) is 1.47. The molecule has 4 aromatic rings. The number of rotatable bonds is 6. The smallest absolute Gasteiger partial charge is 0.261 e. The van der Waals surface area contributed by atoms with Gasteiger partial charge in [0.25, 0.3) is 11.8 Å². The minimum atomic E-state index is -0.553. The number of furan rings is 1. The molecule has 0 bridgehead atoms. The fourth-order valence-corrected chi connectivity index (χ4v) is 3.88. The summed E-state index contributed by atoms with van der Waals surface area (Å²) in [5.74, 6) is 1.86. The highest BCUT2D eigenvalue weighted by Crippen LogP contribution is 2.28. The second-order valence-corrected chi connectivity index (χ2v) is 8.08. The molecule has 2 aromatic heterocycles. The van der Waals surface area contributed by atoms with Crippen LogP contribution in [0.3, 0.4) is 0 Å². The van der Waals surface area contributed by atoms with Crippen LogP contribution in [0.25, 0.3) is 11.5 Å². The van der Waals surface area contributed by atoms with Gasteiger partial charge >= 0.3 is 0 Å². The molecule has 1 aliphatic heterocycles. The number of carbonyl (C=O) groups excluding carboxylic acids is 2. The van der Waals surface area contributed by atoms with Crippen LogP contribution in [0, 0.1) is 13.8 Å². The van der Waals surface area contributed by atoms with Crippen LogP contribution in [0.5, 0.6) is 5.75 Å². The molecule has 0 spiro atoms. The summed E-state index contributed by atoms with van der Waals surface area (Å²) in [6, 6.07) is 16.5. The maximum atomic E-state index is 12.6. The van der Waals surface area contributed by atoms with Crippen molar-refractivity contribution in [2.24, 2.45) is 0 Å². The van der Waals surface area contributed by atoms with E-state index in [1.165, 1.54) is 6.26 Å². The van der Waals surface area contributed by atoms with Crippen molar-refractivity contribution in [3.63, 3.8) is 0 Å². The third-order valence-electron chi connectivity index (χ3n) is 5.73. The van der Waals surface area contributed by atoms with Gasteiger partial charge in [-0.25, -0.2) is 4.98 Å². The number of amides is 2. The first kappa shape index (κ1) is 21.5. The van der Waals surface area contributed by atoms with Crippen molar-refractivity contribution >= 4 is 17.5 Å². The van der Waals surface area contributed by atoms with Gasteiger partial charge in [0, 0.05) is 17.7 Å². The van der Waals surface area contributed by atoms with E-state index in [-0.39, 0.29) is 18.4 Å². The summed E-state index contributed by atoms with van der Waals surface area (Å²) in [5, 5.41) is 5.74. The number of nitrogens with one attached hydrogen (secondary N) is 2. The maximum Gasteiger partial charge on any atom is 0.261 e. The number of hydrogen-bond donors (Lipinski definition) is 2. The Morgan fingerprint density at radius 1 is 1.06 bits per heavy atom. The number of oxazole rings is 1. The van der Waals surface area contributed by atoms with Gasteiger partial charge in [-0.2, -0.15) is 0 Å². The second kappa shape index (κ2) is 8.90. The summed E-state index contributed by atoms with van der Waals surface area (Å²) in [4.78, 5) is 29.6. The topological polar surface area (TPSA) is 107 Å². The highest BCUT2D eigenvalue weighted by molar-refractivity contribution is 6.05. The Morgan fingerprint density at radius 3 is 2.71 bits per heavy atom. The van der Waals surface area contributed by atoms with Crippen LogP contribution >= 0.6 is 0 Å². The molecule has 8 heteroatoms. The average molecular weight is 457 g/mol. The average Bonchev–Trinajstić information content (AvgIpc) is 3.55. The fraction of sp³-hybridized carbons (Fsp3) is 0.192. The first-order valence-corrected chi connectivity index (χ1v) is 10.9. The van der Waals surface area contributed by atoms with Gasteiger partial charge in [0.1, 0.15) is 23.0 Å². The first-order valence-electron chi connectivity index (χ1n) is 10.9. The van der Waals surface area contributed by atoms with Gasteiger partial charge in [0.2, 0.25) is 5.89 Å². The number of carbonyl (C=O) groups is 2. The van der Waals surface area contributed by atoms with E-state index in [0.29, 0.717) is 46.3 Å². The van der Waals surface area contributed by atoms with Gasteiger partial charge in [0.05, 0.1) is 18.4 Å². The number of hydrogen-bond acceptors (Lipinski definition) is 6. The first-order chi connectivity index (χ1) is 16.5. The van der Waals surface area contributed by atoms with Crippen molar-refractivity contribution < 1.29 is 23.2 Å². The van der Waals surface area contributed by atoms with E-state index in [0.717, 1.165) is 11.3 Å². The molecule has 1 atom stereocenters. The molecule has 1 unspecified atom stereocenters. The van der Waals surface area contributed by atoms with Crippen LogP contribution in [0.4, 0.5) is 5.69 Å². The van der Waals surface area contributed by atoms with Crippen LogP contribution in [-0.4, -0.2) is 22.9 Å². The molecule has 172 valence electrons. The molecule has 3 heterocycles. The van der Waals surface area contributed by atoms with Gasteiger partial charge in [0.15, 0.2) is 6.10 Å². The van der Waals surface area contributed by atoms with E-state index in [2.05, 4.69) is 15.6 Å². The third-order valence-corrected chi connectivity index (χ3v) is 5.73. The van der Waals surface area contributed by atoms with Crippen LogP contribution in [-0.2, 0) is 17.8 Å². The SMILES string of the molecule is Cc1occc1C(=O)Nc1cccc(-c2nc(CNC(=O)C3Cc4ccccc4O3)c(C)o2)c1. The van der Waals surface area contributed by atoms with Crippen molar-refractivity contribution in [1.29, 1.82) is 0 Å². The Hall–Kier alpha value is -4.33. The summed E-state index contributed by atoms with van der Waals surface area (Å²) in [7, 11) is 0. The minimum absolute atomic E-state index is 0.195. The Bertz CT molecular complexity index is 1350. The van der Waals surface area contributed by atoms with Crippen molar-refractivity contribution in [2.45, 2.75) is 32.9 Å². The molecule has 2 N–H and O–H groups in total. The van der Waals surface area contributed by atoms with Crippen molar-refractivity contribution in [2.75, 3.05) is 5.32 Å². The zero-order valence-corrected chi connectivity index (χ0v) is 18.8. The molecular formula is C26H23N3O5. The maximum absolute atomic E-state index is 12.6. The predicted molar refractivity (Wildman–Crippen MR) is 124 cm³/mol. The number of anilines is 1. The number of nitrogens with zero attached hydrogens (tertiary/aromatic N) is 1. The number of aromatic nitrogens is 1. The lowest BCUT2D eigenvalue weighted by Gasteiger charge is -2.10. The van der Waals surface area contributed by atoms with Crippen LogP contribution in [0.15, 0.2) is 69.7 Å². The van der Waals surface area contributed by atoms with Crippen molar-refractivity contribution in [3.8, 4) is 17.2 Å².